The number of alkyl halides is 3. The Labute approximate surface area is 113 Å². The minimum Gasteiger partial charge on any atom is -0.497 e. The van der Waals surface area contributed by atoms with Crippen molar-refractivity contribution in [1.29, 1.82) is 5.26 Å². The van der Waals surface area contributed by atoms with Gasteiger partial charge in [0.1, 0.15) is 11.4 Å². The van der Waals surface area contributed by atoms with Crippen molar-refractivity contribution in [2.24, 2.45) is 0 Å². The van der Waals surface area contributed by atoms with Gasteiger partial charge in [-0.15, -0.1) is 0 Å². The van der Waals surface area contributed by atoms with Gasteiger partial charge in [0.15, 0.2) is 0 Å². The summed E-state index contributed by atoms with van der Waals surface area (Å²) in [6.07, 6.45) is -3.39. The van der Waals surface area contributed by atoms with Gasteiger partial charge >= 0.3 is 6.18 Å². The molecular weight excluding hydrogens is 269 g/mol. The molecular formula is C14H9F3N2O. The van der Waals surface area contributed by atoms with Crippen molar-refractivity contribution in [2.45, 2.75) is 6.18 Å². The molecule has 0 aliphatic carbocycles. The summed E-state index contributed by atoms with van der Waals surface area (Å²) < 4.78 is 42.4. The minimum atomic E-state index is -4.48. The Balaban J connectivity index is 2.49. The first-order valence-electron chi connectivity index (χ1n) is 5.57. The molecule has 3 nitrogen and oxygen atoms in total. The minimum absolute atomic E-state index is 0.340. The van der Waals surface area contributed by atoms with Crippen molar-refractivity contribution >= 4 is 0 Å². The van der Waals surface area contributed by atoms with Crippen LogP contribution in [0.1, 0.15) is 11.3 Å². The lowest BCUT2D eigenvalue weighted by Crippen LogP contribution is -2.07. The Bertz CT molecular complexity index is 658. The van der Waals surface area contributed by atoms with E-state index in [0.29, 0.717) is 22.4 Å². The highest BCUT2D eigenvalue weighted by atomic mass is 19.4. The van der Waals surface area contributed by atoms with Crippen LogP contribution in [0.4, 0.5) is 13.2 Å². The van der Waals surface area contributed by atoms with Crippen LogP contribution < -0.4 is 4.74 Å². The lowest BCUT2D eigenvalue weighted by Gasteiger charge is -2.09. The molecule has 1 aromatic heterocycles. The molecule has 0 bridgehead atoms. The summed E-state index contributed by atoms with van der Waals surface area (Å²) >= 11 is 0. The second-order valence-corrected chi connectivity index (χ2v) is 3.95. The number of halogens is 3. The van der Waals surface area contributed by atoms with E-state index in [1.807, 2.05) is 6.07 Å². The van der Waals surface area contributed by atoms with Gasteiger partial charge in [-0.25, -0.2) is 0 Å². The summed E-state index contributed by atoms with van der Waals surface area (Å²) in [4.78, 5) is 3.38. The summed E-state index contributed by atoms with van der Waals surface area (Å²) in [5.74, 6) is 0.513. The molecule has 6 heteroatoms. The predicted octanol–water partition coefficient (Wildman–Crippen LogP) is 3.65. The molecule has 0 radical (unpaired) electrons. The van der Waals surface area contributed by atoms with Crippen LogP contribution in [0.5, 0.6) is 5.75 Å². The van der Waals surface area contributed by atoms with Crippen LogP contribution >= 0.6 is 0 Å². The zero-order valence-electron chi connectivity index (χ0n) is 10.4. The van der Waals surface area contributed by atoms with Gasteiger partial charge in [-0.2, -0.15) is 18.4 Å². The Morgan fingerprint density at radius 3 is 2.45 bits per heavy atom. The van der Waals surface area contributed by atoms with Gasteiger partial charge in [0.25, 0.3) is 0 Å². The predicted molar refractivity (Wildman–Crippen MR) is 65.9 cm³/mol. The van der Waals surface area contributed by atoms with E-state index in [1.54, 1.807) is 18.2 Å². The molecule has 0 atom stereocenters. The molecule has 20 heavy (non-hydrogen) atoms. The van der Waals surface area contributed by atoms with Gasteiger partial charge in [-0.3, -0.25) is 4.98 Å². The van der Waals surface area contributed by atoms with Gasteiger partial charge in [0.05, 0.1) is 18.7 Å². The number of nitriles is 1. The van der Waals surface area contributed by atoms with E-state index in [2.05, 4.69) is 4.98 Å². The molecule has 0 fully saturated rings. The van der Waals surface area contributed by atoms with Crippen LogP contribution in [-0.2, 0) is 6.18 Å². The fourth-order valence-corrected chi connectivity index (χ4v) is 1.71. The summed E-state index contributed by atoms with van der Waals surface area (Å²) in [5, 5.41) is 9.04. The molecule has 0 aliphatic rings. The quantitative estimate of drug-likeness (QED) is 0.842. The average molecular weight is 278 g/mol. The van der Waals surface area contributed by atoms with Gasteiger partial charge in [0, 0.05) is 17.3 Å². The van der Waals surface area contributed by atoms with Crippen LogP contribution in [-0.4, -0.2) is 12.1 Å². The fraction of sp³-hybridized carbons (Fsp3) is 0.143. The summed E-state index contributed by atoms with van der Waals surface area (Å²) in [5.41, 5.74) is 0.275. The van der Waals surface area contributed by atoms with E-state index < -0.39 is 11.9 Å². The SMILES string of the molecule is COc1ccc(C#N)c(-c2ccc(C(F)(F)F)nc2)c1. The van der Waals surface area contributed by atoms with Gasteiger partial charge < -0.3 is 4.74 Å². The van der Waals surface area contributed by atoms with E-state index in [9.17, 15) is 13.2 Å². The van der Waals surface area contributed by atoms with E-state index in [-0.39, 0.29) is 0 Å². The molecule has 2 aromatic rings. The van der Waals surface area contributed by atoms with Crippen LogP contribution in [0.15, 0.2) is 36.5 Å². The zero-order valence-corrected chi connectivity index (χ0v) is 10.4. The van der Waals surface area contributed by atoms with Crippen LogP contribution in [0.2, 0.25) is 0 Å². The van der Waals surface area contributed by atoms with Crippen molar-refractivity contribution in [3.63, 3.8) is 0 Å². The number of nitrogens with zero attached hydrogens (tertiary/aromatic N) is 2. The van der Waals surface area contributed by atoms with E-state index in [4.69, 9.17) is 10.00 Å². The second kappa shape index (κ2) is 5.21. The van der Waals surface area contributed by atoms with Crippen molar-refractivity contribution in [1.82, 2.24) is 4.98 Å². The number of hydrogen-bond donors (Lipinski definition) is 0. The van der Waals surface area contributed by atoms with Crippen molar-refractivity contribution < 1.29 is 17.9 Å². The lowest BCUT2D eigenvalue weighted by atomic mass is 10.0. The molecule has 1 aromatic carbocycles. The summed E-state index contributed by atoms with van der Waals surface area (Å²) in [7, 11) is 1.47. The Kier molecular flexibility index (Phi) is 3.61. The first-order valence-corrected chi connectivity index (χ1v) is 5.57. The molecule has 0 saturated carbocycles. The number of hydrogen-bond acceptors (Lipinski definition) is 3. The number of pyridine rings is 1. The Morgan fingerprint density at radius 2 is 1.95 bits per heavy atom. The largest absolute Gasteiger partial charge is 0.497 e. The van der Waals surface area contributed by atoms with Gasteiger partial charge in [-0.05, 0) is 24.3 Å². The molecule has 0 amide bonds. The maximum atomic E-state index is 12.5. The van der Waals surface area contributed by atoms with Crippen LogP contribution in [0.25, 0.3) is 11.1 Å². The Morgan fingerprint density at radius 1 is 1.20 bits per heavy atom. The maximum absolute atomic E-state index is 12.5. The third-order valence-electron chi connectivity index (χ3n) is 2.71. The summed E-state index contributed by atoms with van der Waals surface area (Å²) in [6.45, 7) is 0. The Hall–Kier alpha value is -2.55. The molecule has 0 N–H and O–H groups in total. The molecule has 1 heterocycles. The number of ether oxygens (including phenoxy) is 1. The van der Waals surface area contributed by atoms with Crippen molar-refractivity contribution in [2.75, 3.05) is 7.11 Å². The number of benzene rings is 1. The van der Waals surface area contributed by atoms with Crippen LogP contribution in [0, 0.1) is 11.3 Å². The fourth-order valence-electron chi connectivity index (χ4n) is 1.71. The average Bonchev–Trinajstić information content (AvgIpc) is 2.45. The van der Waals surface area contributed by atoms with Gasteiger partial charge in [-0.1, -0.05) is 6.07 Å². The normalized spacial score (nSPS) is 10.9. The second-order valence-electron chi connectivity index (χ2n) is 3.95. The highest BCUT2D eigenvalue weighted by molar-refractivity contribution is 5.71. The van der Waals surface area contributed by atoms with E-state index >= 15 is 0 Å². The smallest absolute Gasteiger partial charge is 0.433 e. The van der Waals surface area contributed by atoms with Crippen molar-refractivity contribution in [3.8, 4) is 22.9 Å². The first-order chi connectivity index (χ1) is 9.45. The highest BCUT2D eigenvalue weighted by Crippen LogP contribution is 2.31. The molecule has 2 rings (SSSR count). The molecule has 0 saturated heterocycles. The highest BCUT2D eigenvalue weighted by Gasteiger charge is 2.32. The molecule has 0 spiro atoms. The standard InChI is InChI=1S/C14H9F3N2O/c1-20-11-4-2-9(7-18)12(6-11)10-3-5-13(19-8-10)14(15,16)17/h2-6,8H,1H3. The number of aromatic nitrogens is 1. The molecule has 0 unspecified atom stereocenters. The monoisotopic (exact) mass is 278 g/mol. The van der Waals surface area contributed by atoms with Crippen LogP contribution in [0.3, 0.4) is 0 Å². The third-order valence-corrected chi connectivity index (χ3v) is 2.71. The lowest BCUT2D eigenvalue weighted by molar-refractivity contribution is -0.141. The zero-order chi connectivity index (χ0) is 14.8. The number of methoxy groups -OCH3 is 1. The summed E-state index contributed by atoms with van der Waals surface area (Å²) in [6, 6.07) is 8.90. The van der Waals surface area contributed by atoms with E-state index in [1.165, 1.54) is 13.2 Å². The van der Waals surface area contributed by atoms with Gasteiger partial charge in [0.2, 0.25) is 0 Å². The third kappa shape index (κ3) is 2.72. The molecule has 102 valence electrons. The first kappa shape index (κ1) is 13.9. The molecule has 0 aliphatic heterocycles. The van der Waals surface area contributed by atoms with E-state index in [0.717, 1.165) is 12.3 Å². The number of rotatable bonds is 2. The van der Waals surface area contributed by atoms with Crippen molar-refractivity contribution in [3.05, 3.63) is 47.8 Å². The maximum Gasteiger partial charge on any atom is 0.433 e. The topological polar surface area (TPSA) is 45.9 Å².